The van der Waals surface area contributed by atoms with Crippen molar-refractivity contribution >= 4 is 20.0 Å². The first-order valence-corrected chi connectivity index (χ1v) is 14.4. The number of hydrogen-bond donors (Lipinski definition) is 1. The second-order valence-electron chi connectivity index (χ2n) is 11.1. The Labute approximate surface area is 199 Å². The number of aromatic nitrogens is 4. The van der Waals surface area contributed by atoms with E-state index < -0.39 is 14.1 Å². The highest BCUT2D eigenvalue weighted by Crippen LogP contribution is 2.44. The van der Waals surface area contributed by atoms with E-state index in [2.05, 4.69) is 83.4 Å². The predicted molar refractivity (Wildman–Crippen MR) is 132 cm³/mol. The number of imidazole rings is 1. The van der Waals surface area contributed by atoms with Crippen LogP contribution >= 0.6 is 0 Å². The number of hydrogen-bond acceptors (Lipinski definition) is 6. The largest absolute Gasteiger partial charge is 0.373 e. The van der Waals surface area contributed by atoms with Gasteiger partial charge in [0.25, 0.3) is 5.56 Å². The summed E-state index contributed by atoms with van der Waals surface area (Å²) in [6, 6.07) is 0. The van der Waals surface area contributed by atoms with Gasteiger partial charge in [-0.05, 0) is 39.5 Å². The Morgan fingerprint density at radius 1 is 1.18 bits per heavy atom. The highest BCUT2D eigenvalue weighted by atomic mass is 28.3. The molecule has 2 aromatic heterocycles. The van der Waals surface area contributed by atoms with Crippen molar-refractivity contribution in [1.82, 2.24) is 19.5 Å². The third kappa shape index (κ3) is 4.83. The van der Waals surface area contributed by atoms with E-state index >= 15 is 0 Å². The number of H-pyrrole nitrogens is 1. The van der Waals surface area contributed by atoms with E-state index in [-0.39, 0.29) is 29.0 Å². The van der Waals surface area contributed by atoms with Crippen LogP contribution in [0.25, 0.3) is 11.2 Å². The lowest BCUT2D eigenvalue weighted by Gasteiger charge is -2.43. The van der Waals surface area contributed by atoms with Gasteiger partial charge in [-0.1, -0.05) is 40.8 Å². The van der Waals surface area contributed by atoms with Crippen LogP contribution in [-0.2, 0) is 19.6 Å². The summed E-state index contributed by atoms with van der Waals surface area (Å²) in [5, 5.41) is -0.775. The summed E-state index contributed by atoms with van der Waals surface area (Å²) in [5.41, 5.74) is -0.0434. The lowest BCUT2D eigenvalue weighted by atomic mass is 9.94. The van der Waals surface area contributed by atoms with Crippen molar-refractivity contribution in [1.29, 1.82) is 0 Å². The zero-order chi connectivity index (χ0) is 24.8. The molecule has 8 nitrogen and oxygen atoms in total. The SMILES string of the molecule is CC(C)C(C)(C)OC[C@@H]1C[C@@H](OC(C)(C)C(C)C)[C@@](n2cnc3c(=O)[nH]cnc32)([Si](C)C)O1. The van der Waals surface area contributed by atoms with Gasteiger partial charge in [0.15, 0.2) is 16.5 Å². The fourth-order valence-corrected chi connectivity index (χ4v) is 5.83. The summed E-state index contributed by atoms with van der Waals surface area (Å²) in [6.07, 6.45) is 3.43. The molecule has 0 saturated carbocycles. The molecule has 185 valence electrons. The zero-order valence-corrected chi connectivity index (χ0v) is 22.9. The monoisotopic (exact) mass is 477 g/mol. The molecule has 0 spiro atoms. The van der Waals surface area contributed by atoms with Gasteiger partial charge in [0.05, 0.1) is 36.6 Å². The van der Waals surface area contributed by atoms with Gasteiger partial charge in [-0.3, -0.25) is 9.36 Å². The van der Waals surface area contributed by atoms with Crippen molar-refractivity contribution in [3.63, 3.8) is 0 Å². The molecule has 0 bridgehead atoms. The molecule has 3 rings (SSSR count). The van der Waals surface area contributed by atoms with Crippen LogP contribution in [0.3, 0.4) is 0 Å². The van der Waals surface area contributed by atoms with Gasteiger partial charge >= 0.3 is 0 Å². The molecular weight excluding hydrogens is 436 g/mol. The molecule has 3 heterocycles. The van der Waals surface area contributed by atoms with Crippen LogP contribution < -0.4 is 5.56 Å². The highest BCUT2D eigenvalue weighted by molar-refractivity contribution is 6.58. The van der Waals surface area contributed by atoms with E-state index in [1.807, 2.05) is 4.57 Å². The van der Waals surface area contributed by atoms with Gasteiger partial charge in [0.2, 0.25) is 0 Å². The van der Waals surface area contributed by atoms with Crippen LogP contribution in [0, 0.1) is 11.8 Å². The maximum atomic E-state index is 12.4. The van der Waals surface area contributed by atoms with Crippen molar-refractivity contribution in [3.8, 4) is 0 Å². The second-order valence-corrected chi connectivity index (χ2v) is 13.8. The normalized spacial score (nSPS) is 24.6. The minimum Gasteiger partial charge on any atom is -0.373 e. The average molecular weight is 478 g/mol. The maximum Gasteiger partial charge on any atom is 0.278 e. The average Bonchev–Trinajstić information content (AvgIpc) is 3.29. The number of ether oxygens (including phenoxy) is 3. The lowest BCUT2D eigenvalue weighted by Crippen LogP contribution is -2.55. The van der Waals surface area contributed by atoms with E-state index in [1.54, 1.807) is 6.33 Å². The third-order valence-electron chi connectivity index (χ3n) is 7.54. The van der Waals surface area contributed by atoms with Crippen LogP contribution in [0.1, 0.15) is 61.8 Å². The summed E-state index contributed by atoms with van der Waals surface area (Å²) in [5.74, 6) is 0.691. The molecule has 0 unspecified atom stereocenters. The molecule has 0 amide bonds. The van der Waals surface area contributed by atoms with E-state index in [1.165, 1.54) is 6.33 Å². The summed E-state index contributed by atoms with van der Waals surface area (Å²) in [7, 11) is -1.18. The van der Waals surface area contributed by atoms with Gasteiger partial charge in [-0.2, -0.15) is 0 Å². The number of nitrogens with one attached hydrogen (secondary N) is 1. The Balaban J connectivity index is 2.06. The standard InChI is InChI=1S/C24H41N4O4Si/c1-15(2)22(5,6)30-12-17-11-18(32-23(7,8)16(3)4)24(31-17,33(9)10)28-14-27-19-20(28)25-13-26-21(19)29/h13-18H,11-12H2,1-10H3,(H,25,26,29)/t17-,18+,24-/m0/s1. The smallest absolute Gasteiger partial charge is 0.278 e. The van der Waals surface area contributed by atoms with Gasteiger partial charge in [-0.25, -0.2) is 9.97 Å². The van der Waals surface area contributed by atoms with Crippen LogP contribution in [0.2, 0.25) is 13.1 Å². The van der Waals surface area contributed by atoms with Crippen LogP contribution in [0.5, 0.6) is 0 Å². The molecule has 1 fully saturated rings. The number of nitrogens with zero attached hydrogens (tertiary/aromatic N) is 3. The first-order valence-electron chi connectivity index (χ1n) is 11.9. The van der Waals surface area contributed by atoms with Crippen molar-refractivity contribution in [3.05, 3.63) is 23.0 Å². The summed E-state index contributed by atoms with van der Waals surface area (Å²) >= 11 is 0. The Kier molecular flexibility index (Phi) is 7.30. The van der Waals surface area contributed by atoms with Crippen molar-refractivity contribution in [2.75, 3.05) is 6.61 Å². The van der Waals surface area contributed by atoms with E-state index in [9.17, 15) is 4.79 Å². The fraction of sp³-hybridized carbons (Fsp3) is 0.792. The second kappa shape index (κ2) is 9.24. The van der Waals surface area contributed by atoms with E-state index in [0.717, 1.165) is 0 Å². The first-order chi connectivity index (χ1) is 15.2. The summed E-state index contributed by atoms with van der Waals surface area (Å²) in [4.78, 5) is 23.8. The molecule has 1 aliphatic heterocycles. The van der Waals surface area contributed by atoms with Gasteiger partial charge < -0.3 is 19.2 Å². The van der Waals surface area contributed by atoms with Crippen LogP contribution in [0.15, 0.2) is 17.4 Å². The lowest BCUT2D eigenvalue weighted by molar-refractivity contribution is -0.167. The summed E-state index contributed by atoms with van der Waals surface area (Å²) in [6.45, 7) is 22.0. The Hall–Kier alpha value is -1.55. The van der Waals surface area contributed by atoms with Gasteiger partial charge in [0.1, 0.15) is 14.9 Å². The summed E-state index contributed by atoms with van der Waals surface area (Å²) < 4.78 is 22.0. The highest BCUT2D eigenvalue weighted by Gasteiger charge is 2.56. The number of rotatable bonds is 9. The zero-order valence-electron chi connectivity index (χ0n) is 21.9. The van der Waals surface area contributed by atoms with Crippen LogP contribution in [-0.4, -0.2) is 58.3 Å². The number of aromatic amines is 1. The Bertz CT molecular complexity index is 1010. The maximum absolute atomic E-state index is 12.4. The molecule has 33 heavy (non-hydrogen) atoms. The van der Waals surface area contributed by atoms with E-state index in [0.29, 0.717) is 36.0 Å². The molecule has 2 aromatic rings. The first kappa shape index (κ1) is 26.1. The van der Waals surface area contributed by atoms with Crippen molar-refractivity contribution in [2.45, 2.75) is 104 Å². The predicted octanol–water partition coefficient (Wildman–Crippen LogP) is 4.13. The van der Waals surface area contributed by atoms with Crippen LogP contribution in [0.4, 0.5) is 0 Å². The molecule has 1 aliphatic rings. The number of fused-ring (bicyclic) bond motifs is 1. The molecular formula is C24H41N4O4Si. The molecule has 1 N–H and O–H groups in total. The minimum atomic E-state index is -1.18. The van der Waals surface area contributed by atoms with Crippen molar-refractivity contribution in [2.24, 2.45) is 11.8 Å². The topological polar surface area (TPSA) is 91.3 Å². The molecule has 0 aliphatic carbocycles. The molecule has 0 aromatic carbocycles. The van der Waals surface area contributed by atoms with Gasteiger partial charge in [-0.15, -0.1) is 0 Å². The molecule has 1 radical (unpaired) electrons. The molecule has 3 atom stereocenters. The van der Waals surface area contributed by atoms with Gasteiger partial charge in [0, 0.05) is 6.42 Å². The Morgan fingerprint density at radius 2 is 1.82 bits per heavy atom. The van der Waals surface area contributed by atoms with E-state index in [4.69, 9.17) is 14.2 Å². The molecule has 1 saturated heterocycles. The quantitative estimate of drug-likeness (QED) is 0.546. The fourth-order valence-electron chi connectivity index (χ4n) is 3.97. The third-order valence-corrected chi connectivity index (χ3v) is 9.66. The Morgan fingerprint density at radius 3 is 2.39 bits per heavy atom. The minimum absolute atomic E-state index is 0.143. The molecule has 9 heteroatoms. The van der Waals surface area contributed by atoms with Crippen molar-refractivity contribution < 1.29 is 14.2 Å².